The van der Waals surface area contributed by atoms with Crippen molar-refractivity contribution in [1.82, 2.24) is 19.6 Å². The summed E-state index contributed by atoms with van der Waals surface area (Å²) in [6, 6.07) is 19.0. The number of rotatable bonds is 5. The van der Waals surface area contributed by atoms with Crippen LogP contribution in [0.3, 0.4) is 0 Å². The van der Waals surface area contributed by atoms with Gasteiger partial charge in [0, 0.05) is 13.1 Å². The van der Waals surface area contributed by atoms with Crippen LogP contribution in [0.4, 0.5) is 0 Å². The van der Waals surface area contributed by atoms with Crippen LogP contribution in [-0.4, -0.2) is 31.1 Å². The summed E-state index contributed by atoms with van der Waals surface area (Å²) in [5.41, 5.74) is 3.22. The Morgan fingerprint density at radius 3 is 2.07 bits per heavy atom. The van der Waals surface area contributed by atoms with Crippen LogP contribution in [0.25, 0.3) is 11.4 Å². The lowest BCUT2D eigenvalue weighted by Crippen LogP contribution is -2.08. The Labute approximate surface area is 162 Å². The Bertz CT molecular complexity index is 1160. The quantitative estimate of drug-likeness (QED) is 0.501. The van der Waals surface area contributed by atoms with Gasteiger partial charge in [-0.2, -0.15) is 10.2 Å². The van der Waals surface area contributed by atoms with Gasteiger partial charge in [-0.1, -0.05) is 36.4 Å². The van der Waals surface area contributed by atoms with Gasteiger partial charge < -0.3 is 0 Å². The van der Waals surface area contributed by atoms with Crippen LogP contribution < -0.4 is 0 Å². The molecule has 0 atom stereocenters. The topological polar surface area (TPSA) is 69.8 Å². The van der Waals surface area contributed by atoms with Gasteiger partial charge in [0.2, 0.25) is 0 Å². The molecule has 0 unspecified atom stereocenters. The zero-order valence-electron chi connectivity index (χ0n) is 15.5. The lowest BCUT2D eigenvalue weighted by atomic mass is 10.0. The number of hydrogen-bond donors (Lipinski definition) is 0. The summed E-state index contributed by atoms with van der Waals surface area (Å²) >= 11 is 0. The molecular weight excluding hydrogens is 352 g/mol. The normalized spacial score (nSPS) is 10.8. The second-order valence-corrected chi connectivity index (χ2v) is 6.45. The van der Waals surface area contributed by atoms with E-state index in [1.807, 2.05) is 67.6 Å². The maximum atomic E-state index is 13.2. The van der Waals surface area contributed by atoms with E-state index in [9.17, 15) is 9.59 Å². The molecule has 0 bridgehead atoms. The lowest BCUT2D eigenvalue weighted by molar-refractivity contribution is 0.0987. The molecule has 138 valence electrons. The second kappa shape index (κ2) is 7.08. The Balaban J connectivity index is 1.78. The predicted octanol–water partition coefficient (Wildman–Crippen LogP) is 3.80. The van der Waals surface area contributed by atoms with Crippen molar-refractivity contribution in [2.75, 3.05) is 0 Å². The number of para-hydroxylation sites is 2. The first-order valence-electron chi connectivity index (χ1n) is 8.87. The summed E-state index contributed by atoms with van der Waals surface area (Å²) in [6.45, 7) is 3.25. The molecule has 0 saturated heterocycles. The van der Waals surface area contributed by atoms with E-state index in [2.05, 4.69) is 10.2 Å². The van der Waals surface area contributed by atoms with E-state index in [0.29, 0.717) is 11.3 Å². The molecule has 0 fully saturated rings. The van der Waals surface area contributed by atoms with Crippen molar-refractivity contribution >= 4 is 11.6 Å². The molecule has 0 N–H and O–H groups in total. The molecule has 0 aliphatic heterocycles. The summed E-state index contributed by atoms with van der Waals surface area (Å²) in [7, 11) is 0. The summed E-state index contributed by atoms with van der Waals surface area (Å²) < 4.78 is 3.27. The smallest absolute Gasteiger partial charge is 0.200 e. The van der Waals surface area contributed by atoms with Crippen molar-refractivity contribution in [2.24, 2.45) is 0 Å². The molecule has 0 amide bonds. The maximum absolute atomic E-state index is 13.2. The molecule has 2 heterocycles. The Morgan fingerprint density at radius 2 is 1.46 bits per heavy atom. The van der Waals surface area contributed by atoms with E-state index < -0.39 is 0 Å². The highest BCUT2D eigenvalue weighted by Gasteiger charge is 2.24. The van der Waals surface area contributed by atoms with E-state index in [1.54, 1.807) is 15.6 Å². The van der Waals surface area contributed by atoms with E-state index in [0.717, 1.165) is 11.4 Å². The Morgan fingerprint density at radius 1 is 0.857 bits per heavy atom. The lowest BCUT2D eigenvalue weighted by Gasteiger charge is -2.04. The van der Waals surface area contributed by atoms with Crippen molar-refractivity contribution in [3.63, 3.8) is 0 Å². The first kappa shape index (κ1) is 17.6. The SMILES string of the molecule is CC(=O)c1nn(-c2ccccc2)cc1C(=O)c1cnn(-c2ccccc2)c1C. The van der Waals surface area contributed by atoms with Crippen LogP contribution in [0.5, 0.6) is 0 Å². The summed E-state index contributed by atoms with van der Waals surface area (Å²) in [5, 5.41) is 8.70. The largest absolute Gasteiger partial charge is 0.293 e. The third kappa shape index (κ3) is 3.05. The average Bonchev–Trinajstić information content (AvgIpc) is 3.33. The van der Waals surface area contributed by atoms with Crippen LogP contribution in [0, 0.1) is 6.92 Å². The first-order valence-corrected chi connectivity index (χ1v) is 8.87. The molecule has 4 rings (SSSR count). The Hall–Kier alpha value is -3.80. The molecule has 0 saturated carbocycles. The number of carbonyl (C=O) groups is 2. The summed E-state index contributed by atoms with van der Waals surface area (Å²) in [5.74, 6) is -0.529. The molecule has 0 aliphatic rings. The fourth-order valence-corrected chi connectivity index (χ4v) is 3.12. The number of benzene rings is 2. The number of aromatic nitrogens is 4. The summed E-state index contributed by atoms with van der Waals surface area (Å²) in [6.07, 6.45) is 3.14. The molecule has 0 radical (unpaired) electrons. The molecule has 28 heavy (non-hydrogen) atoms. The van der Waals surface area contributed by atoms with Gasteiger partial charge in [-0.25, -0.2) is 9.36 Å². The number of nitrogens with zero attached hydrogens (tertiary/aromatic N) is 4. The fraction of sp³-hybridized carbons (Fsp3) is 0.0909. The van der Waals surface area contributed by atoms with Gasteiger partial charge in [-0.15, -0.1) is 0 Å². The number of hydrogen-bond acceptors (Lipinski definition) is 4. The van der Waals surface area contributed by atoms with Crippen LogP contribution in [0.15, 0.2) is 73.1 Å². The van der Waals surface area contributed by atoms with E-state index in [4.69, 9.17) is 0 Å². The van der Waals surface area contributed by atoms with Crippen molar-refractivity contribution in [3.05, 3.63) is 95.6 Å². The van der Waals surface area contributed by atoms with Gasteiger partial charge in [0.15, 0.2) is 11.6 Å². The van der Waals surface area contributed by atoms with Crippen molar-refractivity contribution < 1.29 is 9.59 Å². The molecule has 2 aromatic heterocycles. The highest BCUT2D eigenvalue weighted by molar-refractivity contribution is 6.15. The monoisotopic (exact) mass is 370 g/mol. The average molecular weight is 370 g/mol. The second-order valence-electron chi connectivity index (χ2n) is 6.45. The minimum atomic E-state index is -0.271. The molecule has 6 heteroatoms. The first-order chi connectivity index (χ1) is 13.6. The van der Waals surface area contributed by atoms with Gasteiger partial charge in [-0.05, 0) is 31.2 Å². The van der Waals surface area contributed by atoms with Gasteiger partial charge in [0.1, 0.15) is 5.69 Å². The zero-order chi connectivity index (χ0) is 19.7. The van der Waals surface area contributed by atoms with E-state index in [1.165, 1.54) is 13.1 Å². The van der Waals surface area contributed by atoms with Gasteiger partial charge in [0.05, 0.1) is 34.4 Å². The van der Waals surface area contributed by atoms with Crippen LogP contribution >= 0.6 is 0 Å². The molecule has 2 aromatic carbocycles. The van der Waals surface area contributed by atoms with Crippen LogP contribution in [-0.2, 0) is 0 Å². The zero-order valence-corrected chi connectivity index (χ0v) is 15.5. The van der Waals surface area contributed by atoms with Gasteiger partial charge in [-0.3, -0.25) is 9.59 Å². The standard InChI is InChI=1S/C22H18N4O2/c1-15-19(13-23-26(15)18-11-7-4-8-12-18)22(28)20-14-25(24-21(20)16(2)27)17-9-5-3-6-10-17/h3-14H,1-2H3. The third-order valence-corrected chi connectivity index (χ3v) is 4.57. The molecular formula is C22H18N4O2. The van der Waals surface area contributed by atoms with Gasteiger partial charge in [0.25, 0.3) is 0 Å². The number of carbonyl (C=O) groups excluding carboxylic acids is 2. The Kier molecular flexibility index (Phi) is 4.45. The highest BCUT2D eigenvalue weighted by Crippen LogP contribution is 2.21. The molecule has 6 nitrogen and oxygen atoms in total. The van der Waals surface area contributed by atoms with Crippen molar-refractivity contribution in [3.8, 4) is 11.4 Å². The van der Waals surface area contributed by atoms with Crippen LogP contribution in [0.1, 0.15) is 39.0 Å². The van der Waals surface area contributed by atoms with Gasteiger partial charge >= 0.3 is 0 Å². The summed E-state index contributed by atoms with van der Waals surface area (Å²) in [4.78, 5) is 25.3. The van der Waals surface area contributed by atoms with Crippen LogP contribution in [0.2, 0.25) is 0 Å². The third-order valence-electron chi connectivity index (χ3n) is 4.57. The maximum Gasteiger partial charge on any atom is 0.200 e. The number of Topliss-reactive ketones (excluding diaryl/α,β-unsaturated/α-hetero) is 1. The van der Waals surface area contributed by atoms with Crippen molar-refractivity contribution in [2.45, 2.75) is 13.8 Å². The number of ketones is 2. The minimum Gasteiger partial charge on any atom is -0.293 e. The van der Waals surface area contributed by atoms with E-state index in [-0.39, 0.29) is 22.8 Å². The molecule has 0 spiro atoms. The van der Waals surface area contributed by atoms with E-state index >= 15 is 0 Å². The van der Waals surface area contributed by atoms with Crippen molar-refractivity contribution in [1.29, 1.82) is 0 Å². The fourth-order valence-electron chi connectivity index (χ4n) is 3.12. The molecule has 0 aliphatic carbocycles. The predicted molar refractivity (Wildman–Crippen MR) is 105 cm³/mol. The highest BCUT2D eigenvalue weighted by atomic mass is 16.1. The minimum absolute atomic E-state index is 0.153. The molecule has 4 aromatic rings.